The van der Waals surface area contributed by atoms with Gasteiger partial charge in [0.2, 0.25) is 5.65 Å². The number of anilines is 1. The summed E-state index contributed by atoms with van der Waals surface area (Å²) in [5.41, 5.74) is 3.45. The molecule has 3 rings (SSSR count). The molecule has 0 amide bonds. The number of hydrogen-bond donors (Lipinski definition) is 2. The third-order valence-electron chi connectivity index (χ3n) is 5.36. The molecule has 1 aromatic carbocycles. The highest BCUT2D eigenvalue weighted by Crippen LogP contribution is 2.28. The third-order valence-corrected chi connectivity index (χ3v) is 5.36. The van der Waals surface area contributed by atoms with Crippen molar-refractivity contribution in [2.24, 2.45) is 5.92 Å². The Hall–Kier alpha value is -2.74. The molecule has 2 aromatic heterocycles. The van der Waals surface area contributed by atoms with Crippen LogP contribution in [0.4, 0.5) is 5.82 Å². The number of aryl methyl sites for hydroxylation is 2. The maximum Gasteiger partial charge on any atom is 0.204 e. The van der Waals surface area contributed by atoms with Gasteiger partial charge < -0.3 is 15.2 Å². The average molecular weight is 414 g/mol. The van der Waals surface area contributed by atoms with Gasteiger partial charge in [0, 0.05) is 19.0 Å². The largest absolute Gasteiger partial charge is 0.496 e. The van der Waals surface area contributed by atoms with Crippen LogP contribution in [0.2, 0.25) is 0 Å². The van der Waals surface area contributed by atoms with E-state index in [4.69, 9.17) is 9.72 Å². The standard InChI is InChI=1S/C22H31N5O3/c1-13(2)20(29)18(28)9-7-6-8-10-23-21-22-26-25-15(4)27(22)17-12-19(30-5)14(3)11-16(17)24-21/h11-13,20,29H,6-10H2,1-5H3,(H,23,24)/t20-/m0/s1. The van der Waals surface area contributed by atoms with Gasteiger partial charge in [0.15, 0.2) is 11.6 Å². The molecular weight excluding hydrogens is 382 g/mol. The quantitative estimate of drug-likeness (QED) is 0.491. The molecule has 2 N–H and O–H groups in total. The van der Waals surface area contributed by atoms with Crippen molar-refractivity contribution in [3.8, 4) is 5.75 Å². The zero-order chi connectivity index (χ0) is 21.8. The molecule has 0 aliphatic heterocycles. The molecule has 162 valence electrons. The summed E-state index contributed by atoms with van der Waals surface area (Å²) in [6, 6.07) is 3.97. The lowest BCUT2D eigenvalue weighted by atomic mass is 9.99. The molecule has 0 radical (unpaired) electrons. The van der Waals surface area contributed by atoms with Crippen molar-refractivity contribution in [1.29, 1.82) is 0 Å². The van der Waals surface area contributed by atoms with E-state index in [-0.39, 0.29) is 11.7 Å². The monoisotopic (exact) mass is 413 g/mol. The Kier molecular flexibility index (Phi) is 6.87. The maximum absolute atomic E-state index is 11.9. The number of carbonyl (C=O) groups is 1. The summed E-state index contributed by atoms with van der Waals surface area (Å²) in [6.07, 6.45) is 2.13. The number of aliphatic hydroxyl groups excluding tert-OH is 1. The molecule has 8 heteroatoms. The first-order chi connectivity index (χ1) is 14.3. The SMILES string of the molecule is COc1cc2c(cc1C)nc(NCCCCCC(=O)[C@@H](O)C(C)C)c1nnc(C)n12. The van der Waals surface area contributed by atoms with E-state index in [2.05, 4.69) is 15.5 Å². The Labute approximate surface area is 176 Å². The minimum absolute atomic E-state index is 0.0317. The van der Waals surface area contributed by atoms with Gasteiger partial charge in [-0.15, -0.1) is 10.2 Å². The van der Waals surface area contributed by atoms with Crippen LogP contribution >= 0.6 is 0 Å². The number of Topliss-reactive ketones (excluding diaryl/α,β-unsaturated/α-hetero) is 1. The number of nitrogens with one attached hydrogen (secondary N) is 1. The molecule has 0 bridgehead atoms. The average Bonchev–Trinajstić information content (AvgIpc) is 3.11. The molecule has 0 spiro atoms. The van der Waals surface area contributed by atoms with Gasteiger partial charge in [0.05, 0.1) is 18.1 Å². The number of aliphatic hydroxyl groups is 1. The molecule has 0 aliphatic carbocycles. The number of carbonyl (C=O) groups excluding carboxylic acids is 1. The van der Waals surface area contributed by atoms with E-state index >= 15 is 0 Å². The number of ether oxygens (including phenoxy) is 1. The molecule has 0 saturated heterocycles. The number of aromatic nitrogens is 4. The van der Waals surface area contributed by atoms with Crippen molar-refractivity contribution in [2.45, 2.75) is 59.5 Å². The topological polar surface area (TPSA) is 102 Å². The normalized spacial score (nSPS) is 12.6. The van der Waals surface area contributed by atoms with E-state index in [0.717, 1.165) is 54.0 Å². The van der Waals surface area contributed by atoms with Gasteiger partial charge in [-0.3, -0.25) is 9.20 Å². The summed E-state index contributed by atoms with van der Waals surface area (Å²) >= 11 is 0. The van der Waals surface area contributed by atoms with Crippen LogP contribution in [0.3, 0.4) is 0 Å². The number of nitrogens with zero attached hydrogens (tertiary/aromatic N) is 4. The van der Waals surface area contributed by atoms with E-state index in [1.807, 2.05) is 44.2 Å². The second kappa shape index (κ2) is 9.38. The highest BCUT2D eigenvalue weighted by Gasteiger charge is 2.18. The lowest BCUT2D eigenvalue weighted by molar-refractivity contribution is -0.129. The van der Waals surface area contributed by atoms with Gasteiger partial charge in [0.25, 0.3) is 0 Å². The highest BCUT2D eigenvalue weighted by molar-refractivity contribution is 5.85. The van der Waals surface area contributed by atoms with Gasteiger partial charge in [-0.2, -0.15) is 0 Å². The van der Waals surface area contributed by atoms with E-state index in [0.29, 0.717) is 17.9 Å². The van der Waals surface area contributed by atoms with Crippen molar-refractivity contribution in [3.05, 3.63) is 23.5 Å². The number of unbranched alkanes of at least 4 members (excludes halogenated alkanes) is 2. The van der Waals surface area contributed by atoms with Crippen LogP contribution in [0.15, 0.2) is 12.1 Å². The van der Waals surface area contributed by atoms with Crippen LogP contribution in [0.1, 0.15) is 50.9 Å². The van der Waals surface area contributed by atoms with Gasteiger partial charge >= 0.3 is 0 Å². The number of methoxy groups -OCH3 is 1. The van der Waals surface area contributed by atoms with E-state index in [1.165, 1.54) is 0 Å². The van der Waals surface area contributed by atoms with Gasteiger partial charge in [0.1, 0.15) is 17.7 Å². The molecular formula is C22H31N5O3. The summed E-state index contributed by atoms with van der Waals surface area (Å²) in [7, 11) is 1.66. The van der Waals surface area contributed by atoms with E-state index in [9.17, 15) is 9.90 Å². The molecule has 0 unspecified atom stereocenters. The number of hydrogen-bond acceptors (Lipinski definition) is 7. The van der Waals surface area contributed by atoms with Crippen LogP contribution < -0.4 is 10.1 Å². The van der Waals surface area contributed by atoms with Gasteiger partial charge in [-0.25, -0.2) is 4.98 Å². The van der Waals surface area contributed by atoms with Gasteiger partial charge in [-0.1, -0.05) is 20.3 Å². The zero-order valence-electron chi connectivity index (χ0n) is 18.4. The Morgan fingerprint density at radius 3 is 2.67 bits per heavy atom. The molecule has 0 fully saturated rings. The van der Waals surface area contributed by atoms with Crippen LogP contribution in [-0.4, -0.2) is 50.2 Å². The van der Waals surface area contributed by atoms with E-state index in [1.54, 1.807) is 7.11 Å². The first-order valence-electron chi connectivity index (χ1n) is 10.5. The predicted molar refractivity (Wildman–Crippen MR) is 117 cm³/mol. The van der Waals surface area contributed by atoms with Crippen molar-refractivity contribution < 1.29 is 14.6 Å². The van der Waals surface area contributed by atoms with Crippen LogP contribution in [0.25, 0.3) is 16.7 Å². The second-order valence-corrected chi connectivity index (χ2v) is 8.07. The van der Waals surface area contributed by atoms with Crippen molar-refractivity contribution in [3.63, 3.8) is 0 Å². The van der Waals surface area contributed by atoms with Gasteiger partial charge in [-0.05, 0) is 44.2 Å². The Balaban J connectivity index is 1.67. The molecule has 3 aromatic rings. The summed E-state index contributed by atoms with van der Waals surface area (Å²) in [5, 5.41) is 21.7. The summed E-state index contributed by atoms with van der Waals surface area (Å²) in [6.45, 7) is 8.34. The minimum atomic E-state index is -0.850. The first-order valence-corrected chi connectivity index (χ1v) is 10.5. The number of ketones is 1. The van der Waals surface area contributed by atoms with Crippen LogP contribution in [0.5, 0.6) is 5.75 Å². The predicted octanol–water partition coefficient (Wildman–Crippen LogP) is 3.46. The number of fused-ring (bicyclic) bond motifs is 3. The lowest BCUT2D eigenvalue weighted by Gasteiger charge is -2.13. The van der Waals surface area contributed by atoms with Crippen molar-refractivity contribution in [2.75, 3.05) is 19.0 Å². The fraction of sp³-hybridized carbons (Fsp3) is 0.545. The molecule has 0 aliphatic rings. The Morgan fingerprint density at radius 2 is 1.97 bits per heavy atom. The van der Waals surface area contributed by atoms with Crippen molar-refractivity contribution >= 4 is 28.3 Å². The molecule has 1 atom stereocenters. The Morgan fingerprint density at radius 1 is 1.20 bits per heavy atom. The minimum Gasteiger partial charge on any atom is -0.496 e. The maximum atomic E-state index is 11.9. The van der Waals surface area contributed by atoms with E-state index < -0.39 is 6.10 Å². The van der Waals surface area contributed by atoms with Crippen LogP contribution in [-0.2, 0) is 4.79 Å². The summed E-state index contributed by atoms with van der Waals surface area (Å²) in [5.74, 6) is 2.18. The molecule has 0 saturated carbocycles. The summed E-state index contributed by atoms with van der Waals surface area (Å²) in [4.78, 5) is 16.6. The molecule has 30 heavy (non-hydrogen) atoms. The fourth-order valence-corrected chi connectivity index (χ4v) is 3.57. The molecule has 8 nitrogen and oxygen atoms in total. The van der Waals surface area contributed by atoms with Crippen molar-refractivity contribution in [1.82, 2.24) is 19.6 Å². The molecule has 2 heterocycles. The second-order valence-electron chi connectivity index (χ2n) is 8.07. The fourth-order valence-electron chi connectivity index (χ4n) is 3.57. The lowest BCUT2D eigenvalue weighted by Crippen LogP contribution is -2.25. The number of benzene rings is 1. The van der Waals surface area contributed by atoms with Crippen LogP contribution in [0, 0.1) is 19.8 Å². The zero-order valence-corrected chi connectivity index (χ0v) is 18.4. The highest BCUT2D eigenvalue weighted by atomic mass is 16.5. The Bertz CT molecular complexity index is 1040. The summed E-state index contributed by atoms with van der Waals surface area (Å²) < 4.78 is 7.44. The first kappa shape index (κ1) is 22.0. The third kappa shape index (κ3) is 4.53. The number of rotatable bonds is 10. The smallest absolute Gasteiger partial charge is 0.204 e.